The molecule has 0 bridgehead atoms. The van der Waals surface area contributed by atoms with Gasteiger partial charge in [-0.05, 0) is 51.5 Å². The molecule has 0 spiro atoms. The van der Waals surface area contributed by atoms with Crippen molar-refractivity contribution in [3.8, 4) is 0 Å². The van der Waals surface area contributed by atoms with E-state index in [1.165, 1.54) is 0 Å². The summed E-state index contributed by atoms with van der Waals surface area (Å²) in [4.78, 5) is 53.1. The highest BCUT2D eigenvalue weighted by molar-refractivity contribution is 6.31. The molecule has 0 fully saturated rings. The largest absolute Gasteiger partial charge is 0.463 e. The van der Waals surface area contributed by atoms with Gasteiger partial charge in [0.1, 0.15) is 0 Å². The van der Waals surface area contributed by atoms with Crippen LogP contribution in [0.1, 0.15) is 59.9 Å². The van der Waals surface area contributed by atoms with Gasteiger partial charge in [-0.15, -0.1) is 0 Å². The first kappa shape index (κ1) is 29.0. The zero-order chi connectivity index (χ0) is 29.0. The lowest BCUT2D eigenvalue weighted by Gasteiger charge is -2.32. The Morgan fingerprint density at radius 3 is 2.20 bits per heavy atom. The molecular weight excluding hydrogens is 536 g/mol. The van der Waals surface area contributed by atoms with Crippen LogP contribution in [0.5, 0.6) is 0 Å². The number of amides is 2. The van der Waals surface area contributed by atoms with Crippen molar-refractivity contribution in [2.45, 2.75) is 39.7 Å². The highest BCUT2D eigenvalue weighted by Gasteiger charge is 2.40. The average molecular weight is 567 g/mol. The minimum atomic E-state index is -0.880. The first-order valence-electron chi connectivity index (χ1n) is 13.0. The third-order valence-electron chi connectivity index (χ3n) is 6.50. The standard InChI is InChI=1S/C30H31ClN2O7/c1-5-39-29(36)26-23(16-38-15-14-33-27(34)19-10-6-7-11-20(19)28(33)35)32-18(4)24(30(37)40-17(2)3)25(26)21-12-8-9-13-22(21)31/h6-13,17,25,32H,5,14-16H2,1-4H3. The van der Waals surface area contributed by atoms with Gasteiger partial charge in [0.2, 0.25) is 0 Å². The monoisotopic (exact) mass is 566 g/mol. The molecule has 0 saturated heterocycles. The van der Waals surface area contributed by atoms with E-state index in [1.54, 1.807) is 76.2 Å². The zero-order valence-electron chi connectivity index (χ0n) is 22.8. The predicted molar refractivity (Wildman–Crippen MR) is 148 cm³/mol. The predicted octanol–water partition coefficient (Wildman–Crippen LogP) is 4.38. The normalized spacial score (nSPS) is 16.9. The molecule has 0 radical (unpaired) electrons. The van der Waals surface area contributed by atoms with Gasteiger partial charge in [0.25, 0.3) is 11.8 Å². The van der Waals surface area contributed by atoms with Crippen molar-refractivity contribution < 1.29 is 33.4 Å². The number of imide groups is 1. The van der Waals surface area contributed by atoms with E-state index >= 15 is 0 Å². The Hall–Kier alpha value is -3.95. The molecule has 0 aromatic heterocycles. The van der Waals surface area contributed by atoms with Gasteiger partial charge in [-0.3, -0.25) is 14.5 Å². The van der Waals surface area contributed by atoms with E-state index in [4.69, 9.17) is 25.8 Å². The highest BCUT2D eigenvalue weighted by Crippen LogP contribution is 2.42. The summed E-state index contributed by atoms with van der Waals surface area (Å²) in [6, 6.07) is 13.6. The molecule has 210 valence electrons. The molecule has 1 atom stereocenters. The molecule has 1 N–H and O–H groups in total. The fraction of sp³-hybridized carbons (Fsp3) is 0.333. The lowest BCUT2D eigenvalue weighted by Crippen LogP contribution is -2.36. The summed E-state index contributed by atoms with van der Waals surface area (Å²) < 4.78 is 16.8. The van der Waals surface area contributed by atoms with Crippen LogP contribution in [0.15, 0.2) is 71.1 Å². The zero-order valence-corrected chi connectivity index (χ0v) is 23.5. The fourth-order valence-electron chi connectivity index (χ4n) is 4.80. The van der Waals surface area contributed by atoms with E-state index in [2.05, 4.69) is 5.32 Å². The van der Waals surface area contributed by atoms with Crippen molar-refractivity contribution in [2.24, 2.45) is 0 Å². The van der Waals surface area contributed by atoms with Gasteiger partial charge in [-0.1, -0.05) is 41.9 Å². The topological polar surface area (TPSA) is 111 Å². The quantitative estimate of drug-likeness (QED) is 0.256. The second-order valence-corrected chi connectivity index (χ2v) is 9.95. The molecule has 2 aliphatic rings. The van der Waals surface area contributed by atoms with Crippen LogP contribution >= 0.6 is 11.6 Å². The SMILES string of the molecule is CCOC(=O)C1=C(COCCN2C(=O)c3ccccc3C2=O)NC(C)=C(C(=O)OC(C)C)C1c1ccccc1Cl. The van der Waals surface area contributed by atoms with E-state index in [0.717, 1.165) is 4.90 Å². The summed E-state index contributed by atoms with van der Waals surface area (Å²) >= 11 is 6.57. The second kappa shape index (κ2) is 12.5. The molecule has 40 heavy (non-hydrogen) atoms. The first-order chi connectivity index (χ1) is 19.1. The number of hydrogen-bond donors (Lipinski definition) is 1. The van der Waals surface area contributed by atoms with Crippen LogP contribution in [0.4, 0.5) is 0 Å². The lowest BCUT2D eigenvalue weighted by molar-refractivity contribution is -0.143. The number of fused-ring (bicyclic) bond motifs is 1. The summed E-state index contributed by atoms with van der Waals surface area (Å²) in [7, 11) is 0. The van der Waals surface area contributed by atoms with Gasteiger partial charge in [-0.2, -0.15) is 0 Å². The number of benzene rings is 2. The van der Waals surface area contributed by atoms with Crippen molar-refractivity contribution in [1.29, 1.82) is 0 Å². The average Bonchev–Trinajstić information content (AvgIpc) is 3.15. The number of nitrogens with one attached hydrogen (secondary N) is 1. The first-order valence-corrected chi connectivity index (χ1v) is 13.4. The van der Waals surface area contributed by atoms with Crippen molar-refractivity contribution >= 4 is 35.4 Å². The molecule has 2 aliphatic heterocycles. The van der Waals surface area contributed by atoms with Crippen molar-refractivity contribution in [2.75, 3.05) is 26.4 Å². The summed E-state index contributed by atoms with van der Waals surface area (Å²) in [5.74, 6) is -2.86. The highest BCUT2D eigenvalue weighted by atomic mass is 35.5. The molecule has 9 nitrogen and oxygen atoms in total. The maximum Gasteiger partial charge on any atom is 0.337 e. The smallest absolute Gasteiger partial charge is 0.337 e. The van der Waals surface area contributed by atoms with Gasteiger partial charge in [0.05, 0.1) is 66.4 Å². The number of hydrogen-bond acceptors (Lipinski definition) is 8. The van der Waals surface area contributed by atoms with Crippen LogP contribution in [-0.4, -0.2) is 61.1 Å². The molecule has 2 aromatic rings. The van der Waals surface area contributed by atoms with E-state index in [0.29, 0.717) is 33.1 Å². The minimum absolute atomic E-state index is 0.0223. The maximum atomic E-state index is 13.4. The number of nitrogens with zero attached hydrogens (tertiary/aromatic N) is 1. The Balaban J connectivity index is 1.62. The van der Waals surface area contributed by atoms with Crippen LogP contribution in [0, 0.1) is 0 Å². The van der Waals surface area contributed by atoms with Crippen LogP contribution in [0.25, 0.3) is 0 Å². The summed E-state index contributed by atoms with van der Waals surface area (Å²) in [5, 5.41) is 3.50. The number of carbonyl (C=O) groups is 4. The van der Waals surface area contributed by atoms with Crippen LogP contribution in [0.2, 0.25) is 5.02 Å². The molecule has 1 unspecified atom stereocenters. The Labute approximate surface area is 237 Å². The molecule has 2 aromatic carbocycles. The van der Waals surface area contributed by atoms with Gasteiger partial charge in [0.15, 0.2) is 0 Å². The van der Waals surface area contributed by atoms with Gasteiger partial charge < -0.3 is 19.5 Å². The van der Waals surface area contributed by atoms with Crippen molar-refractivity contribution in [1.82, 2.24) is 10.2 Å². The molecule has 4 rings (SSSR count). The number of halogens is 1. The number of ether oxygens (including phenoxy) is 3. The van der Waals surface area contributed by atoms with E-state index in [1.807, 2.05) is 0 Å². The Morgan fingerprint density at radius 1 is 0.975 bits per heavy atom. The van der Waals surface area contributed by atoms with E-state index < -0.39 is 17.9 Å². The Kier molecular flexibility index (Phi) is 9.07. The number of carbonyl (C=O) groups excluding carboxylic acids is 4. The van der Waals surface area contributed by atoms with Gasteiger partial charge >= 0.3 is 11.9 Å². The third kappa shape index (κ3) is 5.80. The molecule has 10 heteroatoms. The number of rotatable bonds is 10. The fourth-order valence-corrected chi connectivity index (χ4v) is 5.05. The maximum absolute atomic E-state index is 13.4. The number of dihydropyridines is 1. The van der Waals surface area contributed by atoms with Gasteiger partial charge in [0, 0.05) is 10.7 Å². The molecule has 2 amide bonds. The van der Waals surface area contributed by atoms with Crippen LogP contribution in [0.3, 0.4) is 0 Å². The molecular formula is C30H31ClN2O7. The van der Waals surface area contributed by atoms with Crippen molar-refractivity contribution in [3.63, 3.8) is 0 Å². The molecule has 2 heterocycles. The Bertz CT molecular complexity index is 1380. The second-order valence-electron chi connectivity index (χ2n) is 9.55. The van der Waals surface area contributed by atoms with E-state index in [-0.39, 0.29) is 55.4 Å². The van der Waals surface area contributed by atoms with Gasteiger partial charge in [-0.25, -0.2) is 9.59 Å². The molecule has 0 aliphatic carbocycles. The third-order valence-corrected chi connectivity index (χ3v) is 6.85. The number of esters is 2. The minimum Gasteiger partial charge on any atom is -0.463 e. The van der Waals surface area contributed by atoms with E-state index in [9.17, 15) is 19.2 Å². The lowest BCUT2D eigenvalue weighted by atomic mass is 9.80. The summed E-state index contributed by atoms with van der Waals surface area (Å²) in [6.07, 6.45) is -0.387. The summed E-state index contributed by atoms with van der Waals surface area (Å²) in [5.41, 5.74) is 2.51. The molecule has 0 saturated carbocycles. The Morgan fingerprint density at radius 2 is 1.60 bits per heavy atom. The van der Waals surface area contributed by atoms with Crippen LogP contribution < -0.4 is 5.32 Å². The van der Waals surface area contributed by atoms with Crippen LogP contribution in [-0.2, 0) is 23.8 Å². The number of allylic oxidation sites excluding steroid dienone is 1. The van der Waals surface area contributed by atoms with Crippen molar-refractivity contribution in [3.05, 3.63) is 92.8 Å². The summed E-state index contributed by atoms with van der Waals surface area (Å²) in [6.45, 7) is 6.96.